The SMILES string of the molecule is Cc1ccccc1NC(=O)CN1CCc2cc(N)ccc21. The zero-order valence-electron chi connectivity index (χ0n) is 12.1. The van der Waals surface area contributed by atoms with E-state index < -0.39 is 0 Å². The molecule has 1 aliphatic heterocycles. The number of benzene rings is 2. The predicted octanol–water partition coefficient (Wildman–Crippen LogP) is 2.58. The highest BCUT2D eigenvalue weighted by atomic mass is 16.2. The first-order chi connectivity index (χ1) is 10.1. The number of carbonyl (C=O) groups is 1. The molecule has 0 fully saturated rings. The standard InChI is InChI=1S/C17H19N3O/c1-12-4-2-3-5-15(12)19-17(21)11-20-9-8-13-10-14(18)6-7-16(13)20/h2-7,10H,8-9,11,18H2,1H3,(H,19,21). The van der Waals surface area contributed by atoms with E-state index in [-0.39, 0.29) is 5.91 Å². The fourth-order valence-corrected chi connectivity index (χ4v) is 2.73. The summed E-state index contributed by atoms with van der Waals surface area (Å²) in [4.78, 5) is 14.3. The van der Waals surface area contributed by atoms with E-state index in [1.54, 1.807) is 0 Å². The summed E-state index contributed by atoms with van der Waals surface area (Å²) in [6.07, 6.45) is 0.942. The minimum Gasteiger partial charge on any atom is -0.399 e. The van der Waals surface area contributed by atoms with Gasteiger partial charge in [0.05, 0.1) is 6.54 Å². The van der Waals surface area contributed by atoms with E-state index >= 15 is 0 Å². The average Bonchev–Trinajstić information content (AvgIpc) is 2.83. The third-order valence-electron chi connectivity index (χ3n) is 3.85. The Kier molecular flexibility index (Phi) is 3.52. The van der Waals surface area contributed by atoms with Gasteiger partial charge in [-0.2, -0.15) is 0 Å². The maximum absolute atomic E-state index is 12.2. The van der Waals surface area contributed by atoms with Gasteiger partial charge in [0.1, 0.15) is 0 Å². The number of fused-ring (bicyclic) bond motifs is 1. The Bertz CT molecular complexity index is 681. The Labute approximate surface area is 124 Å². The molecule has 4 heteroatoms. The van der Waals surface area contributed by atoms with Crippen molar-refractivity contribution >= 4 is 23.0 Å². The lowest BCUT2D eigenvalue weighted by atomic mass is 10.1. The molecule has 0 bridgehead atoms. The molecule has 0 saturated carbocycles. The van der Waals surface area contributed by atoms with Crippen molar-refractivity contribution in [3.8, 4) is 0 Å². The first kappa shape index (κ1) is 13.5. The minimum absolute atomic E-state index is 0.00831. The van der Waals surface area contributed by atoms with Crippen molar-refractivity contribution in [2.45, 2.75) is 13.3 Å². The molecule has 1 amide bonds. The number of nitrogens with two attached hydrogens (primary N) is 1. The van der Waals surface area contributed by atoms with E-state index in [2.05, 4.69) is 10.2 Å². The largest absolute Gasteiger partial charge is 0.399 e. The van der Waals surface area contributed by atoms with Crippen LogP contribution in [-0.4, -0.2) is 19.0 Å². The molecule has 2 aromatic rings. The van der Waals surface area contributed by atoms with Crippen molar-refractivity contribution in [2.24, 2.45) is 0 Å². The summed E-state index contributed by atoms with van der Waals surface area (Å²) in [5.74, 6) is 0.00831. The van der Waals surface area contributed by atoms with Gasteiger partial charge in [-0.1, -0.05) is 18.2 Å². The Morgan fingerprint density at radius 1 is 1.29 bits per heavy atom. The van der Waals surface area contributed by atoms with Gasteiger partial charge in [0.2, 0.25) is 5.91 Å². The van der Waals surface area contributed by atoms with Gasteiger partial charge >= 0.3 is 0 Å². The monoisotopic (exact) mass is 281 g/mol. The molecule has 0 spiro atoms. The lowest BCUT2D eigenvalue weighted by molar-refractivity contribution is -0.115. The van der Waals surface area contributed by atoms with Gasteiger partial charge in [-0.15, -0.1) is 0 Å². The summed E-state index contributed by atoms with van der Waals surface area (Å²) in [7, 11) is 0. The van der Waals surface area contributed by atoms with Crippen molar-refractivity contribution in [1.82, 2.24) is 0 Å². The van der Waals surface area contributed by atoms with Crippen LogP contribution < -0.4 is 16.0 Å². The van der Waals surface area contributed by atoms with Gasteiger partial charge in [-0.05, 0) is 48.7 Å². The molecule has 0 atom stereocenters. The van der Waals surface area contributed by atoms with Crippen molar-refractivity contribution in [3.05, 3.63) is 53.6 Å². The fourth-order valence-electron chi connectivity index (χ4n) is 2.73. The number of aryl methyl sites for hydroxylation is 1. The average molecular weight is 281 g/mol. The second-order valence-corrected chi connectivity index (χ2v) is 5.42. The molecule has 1 aliphatic rings. The highest BCUT2D eigenvalue weighted by molar-refractivity contribution is 5.95. The maximum Gasteiger partial charge on any atom is 0.243 e. The summed E-state index contributed by atoms with van der Waals surface area (Å²) in [6.45, 7) is 3.22. The number of hydrogen-bond acceptors (Lipinski definition) is 3. The number of amides is 1. The van der Waals surface area contributed by atoms with Crippen molar-refractivity contribution in [2.75, 3.05) is 29.0 Å². The van der Waals surface area contributed by atoms with Crippen LogP contribution in [0.15, 0.2) is 42.5 Å². The number of para-hydroxylation sites is 1. The van der Waals surface area contributed by atoms with Crippen LogP contribution in [0.25, 0.3) is 0 Å². The highest BCUT2D eigenvalue weighted by Gasteiger charge is 2.21. The molecular formula is C17H19N3O. The second kappa shape index (κ2) is 5.48. The van der Waals surface area contributed by atoms with E-state index in [4.69, 9.17) is 5.73 Å². The Morgan fingerprint density at radius 2 is 2.10 bits per heavy atom. The molecule has 108 valence electrons. The molecule has 21 heavy (non-hydrogen) atoms. The van der Waals surface area contributed by atoms with Gasteiger partial charge in [0.15, 0.2) is 0 Å². The van der Waals surface area contributed by atoms with Gasteiger partial charge in [-0.25, -0.2) is 0 Å². The number of hydrogen-bond donors (Lipinski definition) is 2. The summed E-state index contributed by atoms with van der Waals surface area (Å²) >= 11 is 0. The van der Waals surface area contributed by atoms with Crippen LogP contribution in [0, 0.1) is 6.92 Å². The van der Waals surface area contributed by atoms with E-state index in [1.165, 1.54) is 5.56 Å². The first-order valence-corrected chi connectivity index (χ1v) is 7.12. The Balaban J connectivity index is 1.69. The topological polar surface area (TPSA) is 58.4 Å². The highest BCUT2D eigenvalue weighted by Crippen LogP contribution is 2.29. The molecule has 0 radical (unpaired) electrons. The molecule has 3 N–H and O–H groups in total. The van der Waals surface area contributed by atoms with Gasteiger partial charge in [0.25, 0.3) is 0 Å². The van der Waals surface area contributed by atoms with Crippen molar-refractivity contribution < 1.29 is 4.79 Å². The molecular weight excluding hydrogens is 262 g/mol. The molecule has 0 saturated heterocycles. The first-order valence-electron chi connectivity index (χ1n) is 7.12. The molecule has 0 unspecified atom stereocenters. The van der Waals surface area contributed by atoms with E-state index in [9.17, 15) is 4.79 Å². The van der Waals surface area contributed by atoms with Crippen LogP contribution in [0.1, 0.15) is 11.1 Å². The zero-order valence-corrected chi connectivity index (χ0v) is 12.1. The van der Waals surface area contributed by atoms with E-state index in [0.29, 0.717) is 6.54 Å². The van der Waals surface area contributed by atoms with Crippen LogP contribution in [0.3, 0.4) is 0 Å². The molecule has 1 heterocycles. The maximum atomic E-state index is 12.2. The van der Waals surface area contributed by atoms with Crippen molar-refractivity contribution in [1.29, 1.82) is 0 Å². The smallest absolute Gasteiger partial charge is 0.243 e. The van der Waals surface area contributed by atoms with Gasteiger partial charge < -0.3 is 16.0 Å². The number of rotatable bonds is 3. The van der Waals surface area contributed by atoms with Gasteiger partial charge in [0, 0.05) is 23.6 Å². The van der Waals surface area contributed by atoms with Gasteiger partial charge in [-0.3, -0.25) is 4.79 Å². The third-order valence-corrected chi connectivity index (χ3v) is 3.85. The predicted molar refractivity (Wildman–Crippen MR) is 86.6 cm³/mol. The second-order valence-electron chi connectivity index (χ2n) is 5.42. The number of nitrogens with one attached hydrogen (secondary N) is 1. The molecule has 4 nitrogen and oxygen atoms in total. The summed E-state index contributed by atoms with van der Waals surface area (Å²) in [6, 6.07) is 13.7. The molecule has 3 rings (SSSR count). The number of nitrogens with zero attached hydrogens (tertiary/aromatic N) is 1. The lowest BCUT2D eigenvalue weighted by Crippen LogP contribution is -2.32. The number of carbonyl (C=O) groups excluding carboxylic acids is 1. The van der Waals surface area contributed by atoms with E-state index in [0.717, 1.165) is 35.6 Å². The molecule has 0 aromatic heterocycles. The molecule has 2 aromatic carbocycles. The van der Waals surface area contributed by atoms with Crippen LogP contribution >= 0.6 is 0 Å². The Hall–Kier alpha value is -2.49. The van der Waals surface area contributed by atoms with Crippen LogP contribution in [-0.2, 0) is 11.2 Å². The number of nitrogen functional groups attached to an aromatic ring is 1. The molecule has 0 aliphatic carbocycles. The Morgan fingerprint density at radius 3 is 2.90 bits per heavy atom. The van der Waals surface area contributed by atoms with Crippen LogP contribution in [0.5, 0.6) is 0 Å². The summed E-state index contributed by atoms with van der Waals surface area (Å²) in [5, 5.41) is 2.97. The quantitative estimate of drug-likeness (QED) is 0.850. The summed E-state index contributed by atoms with van der Waals surface area (Å²) < 4.78 is 0. The normalized spacial score (nSPS) is 13.1. The number of anilines is 3. The van der Waals surface area contributed by atoms with Crippen LogP contribution in [0.2, 0.25) is 0 Å². The fraction of sp³-hybridized carbons (Fsp3) is 0.235. The lowest BCUT2D eigenvalue weighted by Gasteiger charge is -2.19. The third kappa shape index (κ3) is 2.84. The van der Waals surface area contributed by atoms with E-state index in [1.807, 2.05) is 49.4 Å². The van der Waals surface area contributed by atoms with Crippen LogP contribution in [0.4, 0.5) is 17.1 Å². The minimum atomic E-state index is 0.00831. The summed E-state index contributed by atoms with van der Waals surface area (Å²) in [5.41, 5.74) is 10.9. The zero-order chi connectivity index (χ0) is 14.8. The van der Waals surface area contributed by atoms with Crippen molar-refractivity contribution in [3.63, 3.8) is 0 Å².